The van der Waals surface area contributed by atoms with Crippen LogP contribution in [0.1, 0.15) is 32.8 Å². The molecule has 0 bridgehead atoms. The maximum atomic E-state index is 10.5. The van der Waals surface area contributed by atoms with Crippen LogP contribution in [-0.2, 0) is 5.41 Å². The van der Waals surface area contributed by atoms with E-state index in [1.54, 1.807) is 12.1 Å². The van der Waals surface area contributed by atoms with Crippen molar-refractivity contribution in [3.63, 3.8) is 0 Å². The molecule has 3 heteroatoms. The van der Waals surface area contributed by atoms with Gasteiger partial charge in [0.05, 0.1) is 0 Å². The molecule has 0 unspecified atom stereocenters. The molecule has 0 heterocycles. The second kappa shape index (κ2) is 4.67. The van der Waals surface area contributed by atoms with Crippen LogP contribution < -0.4 is 4.74 Å². The molecule has 0 atom stereocenters. The summed E-state index contributed by atoms with van der Waals surface area (Å²) in [6.07, 6.45) is 1.06. The van der Waals surface area contributed by atoms with Crippen LogP contribution in [0, 0.1) is 0 Å². The predicted octanol–water partition coefficient (Wildman–Crippen LogP) is 4.11. The van der Waals surface area contributed by atoms with Gasteiger partial charge in [0.25, 0.3) is 0 Å². The number of ether oxygens (including phenoxy) is 1. The van der Waals surface area contributed by atoms with Gasteiger partial charge in [-0.3, -0.25) is 0 Å². The summed E-state index contributed by atoms with van der Waals surface area (Å²) >= 11 is 5.11. The quantitative estimate of drug-likeness (QED) is 0.725. The molecular formula is C12H15ClO2. The van der Waals surface area contributed by atoms with Gasteiger partial charge in [0.2, 0.25) is 0 Å². The monoisotopic (exact) mass is 226 g/mol. The van der Waals surface area contributed by atoms with Crippen molar-refractivity contribution in [2.24, 2.45) is 0 Å². The SMILES string of the molecule is CCC(C)(C)c1ccc(OC(=O)Cl)cc1. The first-order valence-corrected chi connectivity index (χ1v) is 5.31. The van der Waals surface area contributed by atoms with Gasteiger partial charge in [0.15, 0.2) is 0 Å². The Morgan fingerprint density at radius 2 is 1.87 bits per heavy atom. The normalized spacial score (nSPS) is 11.2. The van der Waals surface area contributed by atoms with E-state index in [-0.39, 0.29) is 5.41 Å². The number of hydrogen-bond acceptors (Lipinski definition) is 2. The Morgan fingerprint density at radius 3 is 2.27 bits per heavy atom. The maximum Gasteiger partial charge on any atom is 0.409 e. The van der Waals surface area contributed by atoms with Crippen LogP contribution in [0.4, 0.5) is 4.79 Å². The topological polar surface area (TPSA) is 26.3 Å². The predicted molar refractivity (Wildman–Crippen MR) is 61.6 cm³/mol. The molecule has 1 aromatic rings. The number of rotatable bonds is 3. The van der Waals surface area contributed by atoms with Crippen molar-refractivity contribution in [1.29, 1.82) is 0 Å². The number of carbonyl (C=O) groups is 1. The zero-order valence-corrected chi connectivity index (χ0v) is 9.97. The van der Waals surface area contributed by atoms with Crippen LogP contribution in [0.25, 0.3) is 0 Å². The molecule has 2 nitrogen and oxygen atoms in total. The molecule has 0 aliphatic heterocycles. The van der Waals surface area contributed by atoms with E-state index in [2.05, 4.69) is 20.8 Å². The van der Waals surface area contributed by atoms with Crippen LogP contribution in [0.5, 0.6) is 5.75 Å². The molecule has 0 saturated carbocycles. The standard InChI is InChI=1S/C12H15ClO2/c1-4-12(2,3)9-5-7-10(8-6-9)15-11(13)14/h5-8H,4H2,1-3H3. The molecule has 1 aromatic carbocycles. The highest BCUT2D eigenvalue weighted by Gasteiger charge is 2.17. The molecule has 15 heavy (non-hydrogen) atoms. The fourth-order valence-corrected chi connectivity index (χ4v) is 1.36. The molecule has 0 saturated heterocycles. The third kappa shape index (κ3) is 3.24. The highest BCUT2D eigenvalue weighted by Crippen LogP contribution is 2.28. The van der Waals surface area contributed by atoms with E-state index in [0.29, 0.717) is 5.75 Å². The van der Waals surface area contributed by atoms with Crippen molar-refractivity contribution in [2.75, 3.05) is 0 Å². The smallest absolute Gasteiger partial charge is 0.409 e. The number of halogens is 1. The lowest BCUT2D eigenvalue weighted by Crippen LogP contribution is -2.15. The lowest BCUT2D eigenvalue weighted by atomic mass is 9.82. The molecule has 82 valence electrons. The average Bonchev–Trinajstić information content (AvgIpc) is 2.18. The maximum absolute atomic E-state index is 10.5. The first kappa shape index (κ1) is 12.1. The summed E-state index contributed by atoms with van der Waals surface area (Å²) in [6, 6.07) is 7.43. The Balaban J connectivity index is 2.85. The molecular weight excluding hydrogens is 212 g/mol. The van der Waals surface area contributed by atoms with Gasteiger partial charge in [0.1, 0.15) is 5.75 Å². The molecule has 0 spiro atoms. The van der Waals surface area contributed by atoms with E-state index in [9.17, 15) is 4.79 Å². The van der Waals surface area contributed by atoms with Crippen molar-refractivity contribution >= 4 is 17.0 Å². The Morgan fingerprint density at radius 1 is 1.33 bits per heavy atom. The van der Waals surface area contributed by atoms with Gasteiger partial charge >= 0.3 is 5.43 Å². The van der Waals surface area contributed by atoms with E-state index in [4.69, 9.17) is 16.3 Å². The lowest BCUT2D eigenvalue weighted by molar-refractivity contribution is 0.225. The summed E-state index contributed by atoms with van der Waals surface area (Å²) in [6.45, 7) is 6.50. The Kier molecular flexibility index (Phi) is 3.75. The zero-order valence-electron chi connectivity index (χ0n) is 9.21. The minimum absolute atomic E-state index is 0.142. The fraction of sp³-hybridized carbons (Fsp3) is 0.417. The molecule has 0 aromatic heterocycles. The second-order valence-electron chi connectivity index (χ2n) is 4.10. The van der Waals surface area contributed by atoms with E-state index >= 15 is 0 Å². The zero-order chi connectivity index (χ0) is 11.5. The third-order valence-corrected chi connectivity index (χ3v) is 2.79. The Bertz CT molecular complexity index is 341. The minimum Gasteiger partial charge on any atom is -0.415 e. The number of carbonyl (C=O) groups excluding carboxylic acids is 1. The molecule has 0 radical (unpaired) electrons. The van der Waals surface area contributed by atoms with Gasteiger partial charge in [-0.1, -0.05) is 32.9 Å². The molecule has 0 N–H and O–H groups in total. The lowest BCUT2D eigenvalue weighted by Gasteiger charge is -2.23. The van der Waals surface area contributed by atoms with Gasteiger partial charge in [-0.15, -0.1) is 0 Å². The van der Waals surface area contributed by atoms with Crippen molar-refractivity contribution < 1.29 is 9.53 Å². The van der Waals surface area contributed by atoms with Crippen molar-refractivity contribution in [3.8, 4) is 5.75 Å². The van der Waals surface area contributed by atoms with Crippen LogP contribution in [0.2, 0.25) is 0 Å². The third-order valence-electron chi connectivity index (χ3n) is 2.72. The van der Waals surface area contributed by atoms with Gasteiger partial charge < -0.3 is 4.74 Å². The van der Waals surface area contributed by atoms with E-state index in [1.807, 2.05) is 12.1 Å². The first-order valence-electron chi connectivity index (χ1n) is 4.93. The number of benzene rings is 1. The summed E-state index contributed by atoms with van der Waals surface area (Å²) < 4.78 is 4.74. The average molecular weight is 227 g/mol. The van der Waals surface area contributed by atoms with Gasteiger partial charge in [-0.05, 0) is 29.5 Å². The molecule has 1 rings (SSSR count). The van der Waals surface area contributed by atoms with E-state index < -0.39 is 5.43 Å². The van der Waals surface area contributed by atoms with Crippen LogP contribution in [-0.4, -0.2) is 5.43 Å². The summed E-state index contributed by atoms with van der Waals surface area (Å²) in [7, 11) is 0. The molecule has 0 fully saturated rings. The fourth-order valence-electron chi connectivity index (χ4n) is 1.27. The summed E-state index contributed by atoms with van der Waals surface area (Å²) in [5.74, 6) is 0.477. The van der Waals surface area contributed by atoms with Crippen molar-refractivity contribution in [3.05, 3.63) is 29.8 Å². The summed E-state index contributed by atoms with van der Waals surface area (Å²) in [5.41, 5.74) is 0.556. The van der Waals surface area contributed by atoms with Crippen LogP contribution in [0.15, 0.2) is 24.3 Å². The largest absolute Gasteiger partial charge is 0.415 e. The van der Waals surface area contributed by atoms with Gasteiger partial charge in [-0.25, -0.2) is 4.79 Å². The van der Waals surface area contributed by atoms with Gasteiger partial charge in [-0.2, -0.15) is 0 Å². The second-order valence-corrected chi connectivity index (χ2v) is 4.41. The van der Waals surface area contributed by atoms with E-state index in [0.717, 1.165) is 6.42 Å². The summed E-state index contributed by atoms with van der Waals surface area (Å²) in [5, 5.41) is 0. The summed E-state index contributed by atoms with van der Waals surface area (Å²) in [4.78, 5) is 10.5. The van der Waals surface area contributed by atoms with Crippen molar-refractivity contribution in [2.45, 2.75) is 32.6 Å². The molecule has 0 amide bonds. The Labute approximate surface area is 95.2 Å². The highest BCUT2D eigenvalue weighted by atomic mass is 35.5. The molecule has 0 aliphatic carbocycles. The minimum atomic E-state index is -0.808. The highest BCUT2D eigenvalue weighted by molar-refractivity contribution is 6.61. The first-order chi connectivity index (χ1) is 6.95. The number of hydrogen-bond donors (Lipinski definition) is 0. The van der Waals surface area contributed by atoms with Crippen LogP contribution >= 0.6 is 11.6 Å². The van der Waals surface area contributed by atoms with Crippen LogP contribution in [0.3, 0.4) is 0 Å². The molecule has 0 aliphatic rings. The van der Waals surface area contributed by atoms with E-state index in [1.165, 1.54) is 5.56 Å². The van der Waals surface area contributed by atoms with Crippen molar-refractivity contribution in [1.82, 2.24) is 0 Å². The Hall–Kier alpha value is -1.02. The van der Waals surface area contributed by atoms with Gasteiger partial charge in [0, 0.05) is 11.6 Å².